The average molecular weight is 385 g/mol. The number of carbonyl (C=O) groups is 1. The molecule has 1 aromatic carbocycles. The molecule has 0 radical (unpaired) electrons. The van der Waals surface area contributed by atoms with Gasteiger partial charge in [0.2, 0.25) is 0 Å². The van der Waals surface area contributed by atoms with Gasteiger partial charge in [-0.3, -0.25) is 0 Å². The lowest BCUT2D eigenvalue weighted by atomic mass is 9.96. The Labute approximate surface area is 143 Å². The Bertz CT molecular complexity index is 619. The molecule has 0 aliphatic carbocycles. The van der Waals surface area contributed by atoms with Crippen LogP contribution in [0.4, 0.5) is 0 Å². The van der Waals surface area contributed by atoms with E-state index in [0.717, 1.165) is 10.0 Å². The van der Waals surface area contributed by atoms with Crippen molar-refractivity contribution >= 4 is 39.2 Å². The predicted octanol–water partition coefficient (Wildman–Crippen LogP) is 2.43. The molecule has 0 saturated heterocycles. The maximum atomic E-state index is 12.4. The first-order chi connectivity index (χ1) is 10.5. The molecule has 5 nitrogen and oxygen atoms in total. The van der Waals surface area contributed by atoms with Gasteiger partial charge in [0.1, 0.15) is 6.61 Å². The molecular weight excluding hydrogens is 368 g/mol. The van der Waals surface area contributed by atoms with Gasteiger partial charge >= 0.3 is 5.97 Å². The van der Waals surface area contributed by atoms with Crippen LogP contribution >= 0.6 is 28.1 Å². The lowest BCUT2D eigenvalue weighted by Gasteiger charge is -2.30. The maximum Gasteiger partial charge on any atom is 0.338 e. The fourth-order valence-corrected chi connectivity index (χ4v) is 2.99. The van der Waals surface area contributed by atoms with Crippen molar-refractivity contribution in [3.05, 3.63) is 45.6 Å². The largest absolute Gasteiger partial charge is 0.460 e. The van der Waals surface area contributed by atoms with E-state index in [2.05, 4.69) is 26.6 Å². The Balaban J connectivity index is 2.33. The van der Waals surface area contributed by atoms with Crippen LogP contribution in [0.25, 0.3) is 0 Å². The zero-order valence-electron chi connectivity index (χ0n) is 12.3. The van der Waals surface area contributed by atoms with E-state index in [1.54, 1.807) is 7.11 Å². The molecule has 1 aliphatic rings. The minimum atomic E-state index is -0.391. The van der Waals surface area contributed by atoms with Crippen LogP contribution in [-0.4, -0.2) is 31.4 Å². The maximum absolute atomic E-state index is 12.4. The van der Waals surface area contributed by atoms with Gasteiger partial charge in [-0.05, 0) is 30.8 Å². The van der Waals surface area contributed by atoms with Crippen molar-refractivity contribution in [3.8, 4) is 0 Å². The van der Waals surface area contributed by atoms with E-state index in [4.69, 9.17) is 21.7 Å². The SMILES string of the molecule is COCCOC(=O)C1=C(C)NC(=S)NC1c1ccccc1Br. The number of benzene rings is 1. The number of allylic oxidation sites excluding steroid dienone is 1. The van der Waals surface area contributed by atoms with Crippen molar-refractivity contribution in [1.82, 2.24) is 10.6 Å². The highest BCUT2D eigenvalue weighted by atomic mass is 79.9. The number of ether oxygens (including phenoxy) is 2. The molecule has 1 atom stereocenters. The lowest BCUT2D eigenvalue weighted by molar-refractivity contribution is -0.140. The van der Waals surface area contributed by atoms with Gasteiger partial charge in [-0.25, -0.2) is 4.79 Å². The fourth-order valence-electron chi connectivity index (χ4n) is 2.20. The highest BCUT2D eigenvalue weighted by Crippen LogP contribution is 2.32. The van der Waals surface area contributed by atoms with Crippen LogP contribution in [-0.2, 0) is 14.3 Å². The molecule has 22 heavy (non-hydrogen) atoms. The number of nitrogens with one attached hydrogen (secondary N) is 2. The number of carbonyl (C=O) groups excluding carboxylic acids is 1. The van der Waals surface area contributed by atoms with Gasteiger partial charge in [0.05, 0.1) is 18.2 Å². The van der Waals surface area contributed by atoms with E-state index in [-0.39, 0.29) is 12.6 Å². The lowest BCUT2D eigenvalue weighted by Crippen LogP contribution is -2.45. The molecule has 2 N–H and O–H groups in total. The van der Waals surface area contributed by atoms with Gasteiger partial charge in [0.15, 0.2) is 5.11 Å². The smallest absolute Gasteiger partial charge is 0.338 e. The number of hydrogen-bond acceptors (Lipinski definition) is 4. The summed E-state index contributed by atoms with van der Waals surface area (Å²) >= 11 is 8.72. The second kappa shape index (κ2) is 7.71. The van der Waals surface area contributed by atoms with Gasteiger partial charge in [-0.2, -0.15) is 0 Å². The third-order valence-electron chi connectivity index (χ3n) is 3.23. The van der Waals surface area contributed by atoms with E-state index >= 15 is 0 Å². The van der Waals surface area contributed by atoms with Crippen LogP contribution < -0.4 is 10.6 Å². The summed E-state index contributed by atoms with van der Waals surface area (Å²) in [5, 5.41) is 6.58. The van der Waals surface area contributed by atoms with Gasteiger partial charge in [-0.1, -0.05) is 34.1 Å². The van der Waals surface area contributed by atoms with Crippen molar-refractivity contribution in [2.75, 3.05) is 20.3 Å². The highest BCUT2D eigenvalue weighted by molar-refractivity contribution is 9.10. The Morgan fingerprint density at radius 2 is 2.09 bits per heavy atom. The van der Waals surface area contributed by atoms with Crippen LogP contribution in [0.3, 0.4) is 0 Å². The van der Waals surface area contributed by atoms with Crippen molar-refractivity contribution in [2.24, 2.45) is 0 Å². The topological polar surface area (TPSA) is 59.6 Å². The van der Waals surface area contributed by atoms with E-state index in [9.17, 15) is 4.79 Å². The van der Waals surface area contributed by atoms with Gasteiger partial charge in [0, 0.05) is 17.3 Å². The molecule has 0 bridgehead atoms. The highest BCUT2D eigenvalue weighted by Gasteiger charge is 2.31. The molecule has 0 spiro atoms. The first-order valence-corrected chi connectivity index (χ1v) is 7.93. The number of thiocarbonyl (C=S) groups is 1. The Morgan fingerprint density at radius 1 is 1.36 bits per heavy atom. The van der Waals surface area contributed by atoms with Gasteiger partial charge in [0.25, 0.3) is 0 Å². The van der Waals surface area contributed by atoms with E-state index in [1.165, 1.54) is 0 Å². The van der Waals surface area contributed by atoms with E-state index in [1.807, 2.05) is 31.2 Å². The van der Waals surface area contributed by atoms with Crippen LogP contribution in [0, 0.1) is 0 Å². The summed E-state index contributed by atoms with van der Waals surface area (Å²) in [6.07, 6.45) is 0. The summed E-state index contributed by atoms with van der Waals surface area (Å²) in [4.78, 5) is 12.4. The van der Waals surface area contributed by atoms with Crippen molar-refractivity contribution < 1.29 is 14.3 Å². The van der Waals surface area contributed by atoms with Gasteiger partial charge in [-0.15, -0.1) is 0 Å². The average Bonchev–Trinajstić information content (AvgIpc) is 2.47. The second-order valence-electron chi connectivity index (χ2n) is 4.72. The summed E-state index contributed by atoms with van der Waals surface area (Å²) in [5.74, 6) is -0.391. The minimum Gasteiger partial charge on any atom is -0.460 e. The molecule has 1 aliphatic heterocycles. The predicted molar refractivity (Wildman–Crippen MR) is 91.3 cm³/mol. The normalized spacial score (nSPS) is 17.8. The molecule has 1 unspecified atom stereocenters. The second-order valence-corrected chi connectivity index (χ2v) is 5.98. The molecule has 118 valence electrons. The summed E-state index contributed by atoms with van der Waals surface area (Å²) in [6, 6.07) is 7.33. The Kier molecular flexibility index (Phi) is 5.93. The number of rotatable bonds is 5. The molecule has 2 rings (SSSR count). The summed E-state index contributed by atoms with van der Waals surface area (Å²) in [7, 11) is 1.56. The van der Waals surface area contributed by atoms with Crippen molar-refractivity contribution in [2.45, 2.75) is 13.0 Å². The summed E-state index contributed by atoms with van der Waals surface area (Å²) in [6.45, 7) is 2.38. The third kappa shape index (κ3) is 3.85. The van der Waals surface area contributed by atoms with Crippen LogP contribution in [0.5, 0.6) is 0 Å². The summed E-state index contributed by atoms with van der Waals surface area (Å²) in [5.41, 5.74) is 2.12. The van der Waals surface area contributed by atoms with Crippen molar-refractivity contribution in [1.29, 1.82) is 0 Å². The Hall–Kier alpha value is -1.44. The van der Waals surface area contributed by atoms with Crippen LogP contribution in [0.1, 0.15) is 18.5 Å². The number of esters is 1. The fraction of sp³-hybridized carbons (Fsp3) is 0.333. The third-order valence-corrected chi connectivity index (χ3v) is 4.17. The number of methoxy groups -OCH3 is 1. The monoisotopic (exact) mass is 384 g/mol. The molecule has 7 heteroatoms. The van der Waals surface area contributed by atoms with Crippen LogP contribution in [0.15, 0.2) is 40.0 Å². The molecule has 0 aromatic heterocycles. The summed E-state index contributed by atoms with van der Waals surface area (Å²) < 4.78 is 11.1. The van der Waals surface area contributed by atoms with Crippen LogP contribution in [0.2, 0.25) is 0 Å². The first-order valence-electron chi connectivity index (χ1n) is 6.73. The van der Waals surface area contributed by atoms with Gasteiger partial charge < -0.3 is 20.1 Å². The minimum absolute atomic E-state index is 0.208. The quantitative estimate of drug-likeness (QED) is 0.461. The first kappa shape index (κ1) is 16.9. The zero-order chi connectivity index (χ0) is 16.1. The Morgan fingerprint density at radius 3 is 2.77 bits per heavy atom. The molecule has 0 fully saturated rings. The number of halogens is 1. The zero-order valence-corrected chi connectivity index (χ0v) is 14.7. The molecule has 0 amide bonds. The standard InChI is InChI=1S/C15H17BrN2O3S/c1-9-12(14(19)21-8-7-20-2)13(18-15(22)17-9)10-5-3-4-6-11(10)16/h3-6,13H,7-8H2,1-2H3,(H2,17,18,22). The molecule has 1 aromatic rings. The molecule has 1 heterocycles. The number of hydrogen-bond donors (Lipinski definition) is 2. The van der Waals surface area contributed by atoms with E-state index < -0.39 is 5.97 Å². The van der Waals surface area contributed by atoms with E-state index in [0.29, 0.717) is 23.0 Å². The molecular formula is C15H17BrN2O3S. The van der Waals surface area contributed by atoms with Crippen molar-refractivity contribution in [3.63, 3.8) is 0 Å². The molecule has 0 saturated carbocycles.